The van der Waals surface area contributed by atoms with E-state index in [1.165, 1.54) is 51.7 Å². The van der Waals surface area contributed by atoms with E-state index in [2.05, 4.69) is 4.90 Å². The van der Waals surface area contributed by atoms with Crippen LogP contribution in [0.1, 0.15) is 45.4 Å². The van der Waals surface area contributed by atoms with Gasteiger partial charge in [-0.1, -0.05) is 12.8 Å². The zero-order chi connectivity index (χ0) is 11.8. The molecular formula is C13H26ClNO. The zero-order valence-electron chi connectivity index (χ0n) is 10.5. The van der Waals surface area contributed by atoms with Crippen LogP contribution in [0, 0.1) is 5.92 Å². The molecule has 1 saturated heterocycles. The Morgan fingerprint density at radius 3 is 2.38 bits per heavy atom. The molecule has 0 saturated carbocycles. The van der Waals surface area contributed by atoms with E-state index in [9.17, 15) is 5.11 Å². The number of hydrogen-bond donors (Lipinski definition) is 1. The summed E-state index contributed by atoms with van der Waals surface area (Å²) in [5.41, 5.74) is 0. The molecule has 0 radical (unpaired) electrons. The van der Waals surface area contributed by atoms with Crippen molar-refractivity contribution < 1.29 is 5.11 Å². The molecule has 0 bridgehead atoms. The Morgan fingerprint density at radius 1 is 1.19 bits per heavy atom. The number of likely N-dealkylation sites (tertiary alicyclic amines) is 1. The summed E-state index contributed by atoms with van der Waals surface area (Å²) >= 11 is 5.64. The third kappa shape index (κ3) is 5.51. The summed E-state index contributed by atoms with van der Waals surface area (Å²) in [6, 6.07) is 0. The fourth-order valence-corrected chi connectivity index (χ4v) is 2.63. The van der Waals surface area contributed by atoms with Crippen molar-refractivity contribution in [1.82, 2.24) is 4.90 Å². The zero-order valence-corrected chi connectivity index (χ0v) is 11.3. The third-order valence-corrected chi connectivity index (χ3v) is 3.94. The average molecular weight is 248 g/mol. The Morgan fingerprint density at radius 2 is 1.81 bits per heavy atom. The van der Waals surface area contributed by atoms with Crippen LogP contribution in [0.3, 0.4) is 0 Å². The van der Waals surface area contributed by atoms with Crippen LogP contribution < -0.4 is 0 Å². The fraction of sp³-hybridized carbons (Fsp3) is 1.00. The Bertz CT molecular complexity index is 167. The van der Waals surface area contributed by atoms with Crippen LogP contribution in [0.15, 0.2) is 0 Å². The van der Waals surface area contributed by atoms with Gasteiger partial charge in [0.15, 0.2) is 0 Å². The number of unbranched alkanes of at least 4 members (excludes halogenated alkanes) is 3. The van der Waals surface area contributed by atoms with E-state index in [0.717, 1.165) is 12.3 Å². The molecule has 2 nitrogen and oxygen atoms in total. The van der Waals surface area contributed by atoms with Crippen LogP contribution in [-0.4, -0.2) is 41.6 Å². The first-order valence-electron chi connectivity index (χ1n) is 6.70. The van der Waals surface area contributed by atoms with Gasteiger partial charge in [-0.15, -0.1) is 11.6 Å². The molecule has 0 amide bonds. The predicted molar refractivity (Wildman–Crippen MR) is 70.0 cm³/mol. The van der Waals surface area contributed by atoms with Crippen LogP contribution in [0.5, 0.6) is 0 Å². The van der Waals surface area contributed by atoms with Gasteiger partial charge in [0.05, 0.1) is 6.10 Å². The van der Waals surface area contributed by atoms with Crippen molar-refractivity contribution in [2.45, 2.75) is 51.6 Å². The minimum absolute atomic E-state index is 0.120. The Balaban J connectivity index is 1.99. The minimum Gasteiger partial charge on any atom is -0.393 e. The first-order valence-corrected chi connectivity index (χ1v) is 7.24. The summed E-state index contributed by atoms with van der Waals surface area (Å²) < 4.78 is 0. The Labute approximate surface area is 105 Å². The highest BCUT2D eigenvalue weighted by molar-refractivity contribution is 6.17. The number of piperidine rings is 1. The van der Waals surface area contributed by atoms with Crippen LogP contribution >= 0.6 is 11.6 Å². The molecule has 96 valence electrons. The average Bonchev–Trinajstić information content (AvgIpc) is 2.29. The van der Waals surface area contributed by atoms with Gasteiger partial charge in [0.25, 0.3) is 0 Å². The van der Waals surface area contributed by atoms with E-state index in [4.69, 9.17) is 11.6 Å². The molecule has 1 fully saturated rings. The number of hydrogen-bond acceptors (Lipinski definition) is 2. The smallest absolute Gasteiger partial charge is 0.0541 e. The van der Waals surface area contributed by atoms with Crippen LogP contribution in [-0.2, 0) is 0 Å². The van der Waals surface area contributed by atoms with Crippen molar-refractivity contribution in [1.29, 1.82) is 0 Å². The first kappa shape index (κ1) is 14.3. The maximum atomic E-state index is 9.51. The van der Waals surface area contributed by atoms with Crippen molar-refractivity contribution in [3.63, 3.8) is 0 Å². The molecule has 1 aliphatic heterocycles. The molecule has 0 aromatic rings. The normalized spacial score (nSPS) is 21.2. The summed E-state index contributed by atoms with van der Waals surface area (Å²) in [6.07, 6.45) is 7.25. The summed E-state index contributed by atoms with van der Waals surface area (Å²) in [5.74, 6) is 1.34. The summed E-state index contributed by atoms with van der Waals surface area (Å²) in [6.45, 7) is 5.50. The minimum atomic E-state index is -0.120. The highest BCUT2D eigenvalue weighted by Crippen LogP contribution is 2.20. The molecule has 1 aliphatic rings. The largest absolute Gasteiger partial charge is 0.393 e. The Kier molecular flexibility index (Phi) is 7.42. The summed E-state index contributed by atoms with van der Waals surface area (Å²) in [7, 11) is 0. The van der Waals surface area contributed by atoms with Crippen LogP contribution in [0.4, 0.5) is 0 Å². The van der Waals surface area contributed by atoms with Crippen molar-refractivity contribution in [2.24, 2.45) is 5.92 Å². The lowest BCUT2D eigenvalue weighted by molar-refractivity contribution is 0.0713. The summed E-state index contributed by atoms with van der Waals surface area (Å²) in [5, 5.41) is 9.51. The standard InChI is InChI=1S/C13H26ClNO/c1-12(16)13-6-10-15(11-7-13)9-5-3-2-4-8-14/h12-13,16H,2-11H2,1H3. The quantitative estimate of drug-likeness (QED) is 0.553. The van der Waals surface area contributed by atoms with Crippen LogP contribution in [0.25, 0.3) is 0 Å². The van der Waals surface area contributed by atoms with Gasteiger partial charge >= 0.3 is 0 Å². The van der Waals surface area contributed by atoms with Gasteiger partial charge in [0.1, 0.15) is 0 Å². The number of alkyl halides is 1. The van der Waals surface area contributed by atoms with E-state index < -0.39 is 0 Å². The van der Waals surface area contributed by atoms with E-state index in [0.29, 0.717) is 5.92 Å². The lowest BCUT2D eigenvalue weighted by Crippen LogP contribution is -2.37. The molecule has 0 spiro atoms. The molecule has 1 unspecified atom stereocenters. The van der Waals surface area contributed by atoms with Crippen LogP contribution in [0.2, 0.25) is 0 Å². The topological polar surface area (TPSA) is 23.5 Å². The van der Waals surface area contributed by atoms with Crippen molar-refractivity contribution in [3.05, 3.63) is 0 Å². The molecule has 16 heavy (non-hydrogen) atoms. The lowest BCUT2D eigenvalue weighted by atomic mass is 9.92. The van der Waals surface area contributed by atoms with Gasteiger partial charge in [0, 0.05) is 5.88 Å². The SMILES string of the molecule is CC(O)C1CCN(CCCCCCCl)CC1. The third-order valence-electron chi connectivity index (χ3n) is 3.67. The molecular weight excluding hydrogens is 222 g/mol. The van der Waals surface area contributed by atoms with Crippen molar-refractivity contribution >= 4 is 11.6 Å². The van der Waals surface area contributed by atoms with Crippen molar-refractivity contribution in [2.75, 3.05) is 25.5 Å². The second kappa shape index (κ2) is 8.32. The maximum Gasteiger partial charge on any atom is 0.0541 e. The highest BCUT2D eigenvalue weighted by atomic mass is 35.5. The number of rotatable bonds is 7. The van der Waals surface area contributed by atoms with Gasteiger partial charge in [0.2, 0.25) is 0 Å². The molecule has 0 aromatic carbocycles. The fourth-order valence-electron chi connectivity index (χ4n) is 2.44. The molecule has 1 atom stereocenters. The van der Waals surface area contributed by atoms with Gasteiger partial charge in [-0.3, -0.25) is 0 Å². The second-order valence-corrected chi connectivity index (χ2v) is 5.40. The van der Waals surface area contributed by atoms with Gasteiger partial charge < -0.3 is 10.0 Å². The van der Waals surface area contributed by atoms with Crippen molar-refractivity contribution in [3.8, 4) is 0 Å². The Hall–Kier alpha value is 0.210. The maximum absolute atomic E-state index is 9.51. The molecule has 3 heteroatoms. The van der Waals surface area contributed by atoms with Gasteiger partial charge in [-0.2, -0.15) is 0 Å². The van der Waals surface area contributed by atoms with E-state index in [1.54, 1.807) is 0 Å². The molecule has 0 aromatic heterocycles. The second-order valence-electron chi connectivity index (χ2n) is 5.02. The molecule has 1 rings (SSSR count). The summed E-state index contributed by atoms with van der Waals surface area (Å²) in [4.78, 5) is 2.54. The van der Waals surface area contributed by atoms with E-state index in [-0.39, 0.29) is 6.10 Å². The van der Waals surface area contributed by atoms with Gasteiger partial charge in [-0.05, 0) is 58.2 Å². The lowest BCUT2D eigenvalue weighted by Gasteiger charge is -2.33. The van der Waals surface area contributed by atoms with E-state index >= 15 is 0 Å². The van der Waals surface area contributed by atoms with Gasteiger partial charge in [-0.25, -0.2) is 0 Å². The number of aliphatic hydroxyl groups is 1. The number of nitrogens with zero attached hydrogens (tertiary/aromatic N) is 1. The number of halogens is 1. The molecule has 1 N–H and O–H groups in total. The number of aliphatic hydroxyl groups excluding tert-OH is 1. The molecule has 0 aliphatic carbocycles. The van der Waals surface area contributed by atoms with E-state index in [1.807, 2.05) is 6.92 Å². The molecule has 1 heterocycles. The highest BCUT2D eigenvalue weighted by Gasteiger charge is 2.21. The monoisotopic (exact) mass is 247 g/mol. The first-order chi connectivity index (χ1) is 7.74. The predicted octanol–water partition coefficient (Wildman–Crippen LogP) is 2.88.